The lowest BCUT2D eigenvalue weighted by Crippen LogP contribution is -2.67. The van der Waals surface area contributed by atoms with Crippen LogP contribution in [0.15, 0.2) is 65.1 Å². The van der Waals surface area contributed by atoms with Crippen LogP contribution in [-0.2, 0) is 24.9 Å². The molecular formula is C27H39NO4SSi. The van der Waals surface area contributed by atoms with Crippen LogP contribution in [0.1, 0.15) is 55.4 Å². The van der Waals surface area contributed by atoms with E-state index in [4.69, 9.17) is 13.9 Å². The highest BCUT2D eigenvalue weighted by Crippen LogP contribution is 2.38. The molecule has 1 aliphatic heterocycles. The van der Waals surface area contributed by atoms with E-state index in [9.17, 15) is 4.21 Å². The van der Waals surface area contributed by atoms with Crippen molar-refractivity contribution in [3.8, 4) is 0 Å². The summed E-state index contributed by atoms with van der Waals surface area (Å²) in [6.07, 6.45) is 0.826. The predicted molar refractivity (Wildman–Crippen MR) is 144 cm³/mol. The topological polar surface area (TPSA) is 57.1 Å². The molecule has 186 valence electrons. The van der Waals surface area contributed by atoms with Crippen molar-refractivity contribution in [2.75, 3.05) is 6.61 Å². The Bertz CT molecular complexity index is 957. The number of benzene rings is 2. The Morgan fingerprint density at radius 1 is 0.941 bits per heavy atom. The van der Waals surface area contributed by atoms with Crippen LogP contribution in [0.3, 0.4) is 0 Å². The quantitative estimate of drug-likeness (QED) is 0.410. The lowest BCUT2D eigenvalue weighted by atomic mass is 10.2. The molecule has 2 aromatic carbocycles. The second-order valence-corrected chi connectivity index (χ2v) is 17.5. The zero-order chi connectivity index (χ0) is 25.2. The van der Waals surface area contributed by atoms with Crippen LogP contribution in [0.5, 0.6) is 0 Å². The maximum Gasteiger partial charge on any atom is 0.261 e. The van der Waals surface area contributed by atoms with E-state index in [1.807, 2.05) is 46.8 Å². The molecule has 0 amide bonds. The zero-order valence-electron chi connectivity index (χ0n) is 21.7. The average molecular weight is 502 g/mol. The molecule has 1 heterocycles. The molecule has 0 aliphatic carbocycles. The number of hydrogen-bond acceptors (Lipinski definition) is 4. The summed E-state index contributed by atoms with van der Waals surface area (Å²) in [5.41, 5.74) is 0. The van der Waals surface area contributed by atoms with Gasteiger partial charge in [-0.25, -0.2) is 4.21 Å². The first-order valence-electron chi connectivity index (χ1n) is 11.8. The Morgan fingerprint density at radius 2 is 1.44 bits per heavy atom. The summed E-state index contributed by atoms with van der Waals surface area (Å²) in [6.45, 7) is 16.6. The summed E-state index contributed by atoms with van der Waals surface area (Å²) >= 11 is 0. The van der Waals surface area contributed by atoms with E-state index in [2.05, 4.69) is 73.7 Å². The fourth-order valence-corrected chi connectivity index (χ4v) is 9.48. The smallest absolute Gasteiger partial charge is 0.261 e. The second-order valence-electron chi connectivity index (χ2n) is 11.2. The Balaban J connectivity index is 1.97. The molecule has 1 aliphatic rings. The van der Waals surface area contributed by atoms with Crippen LogP contribution >= 0.6 is 0 Å². The van der Waals surface area contributed by atoms with Gasteiger partial charge in [0.25, 0.3) is 8.32 Å². The van der Waals surface area contributed by atoms with Crippen molar-refractivity contribution in [2.45, 2.75) is 83.2 Å². The minimum absolute atomic E-state index is 0.137. The van der Waals surface area contributed by atoms with E-state index in [0.29, 0.717) is 6.61 Å². The van der Waals surface area contributed by atoms with Crippen LogP contribution in [0.4, 0.5) is 0 Å². The van der Waals surface area contributed by atoms with E-state index in [1.165, 1.54) is 10.4 Å². The molecule has 34 heavy (non-hydrogen) atoms. The molecule has 1 saturated heterocycles. The molecule has 5 nitrogen and oxygen atoms in total. The van der Waals surface area contributed by atoms with E-state index in [-0.39, 0.29) is 11.1 Å². The summed E-state index contributed by atoms with van der Waals surface area (Å²) in [4.78, 5) is 0. The van der Waals surface area contributed by atoms with Crippen molar-refractivity contribution in [3.63, 3.8) is 0 Å². The van der Waals surface area contributed by atoms with Gasteiger partial charge in [-0.2, -0.15) is 4.40 Å². The maximum atomic E-state index is 12.5. The molecule has 2 aromatic rings. The van der Waals surface area contributed by atoms with Gasteiger partial charge in [0.15, 0.2) is 5.79 Å². The Morgan fingerprint density at radius 3 is 1.88 bits per heavy atom. The highest BCUT2D eigenvalue weighted by Gasteiger charge is 2.51. The van der Waals surface area contributed by atoms with Crippen LogP contribution in [0.25, 0.3) is 0 Å². The maximum absolute atomic E-state index is 12.5. The molecule has 1 unspecified atom stereocenters. The fraction of sp³-hybridized carbons (Fsp3) is 0.519. The summed E-state index contributed by atoms with van der Waals surface area (Å²) < 4.78 is 35.8. The van der Waals surface area contributed by atoms with Gasteiger partial charge >= 0.3 is 0 Å². The van der Waals surface area contributed by atoms with E-state index < -0.39 is 35.9 Å². The lowest BCUT2D eigenvalue weighted by molar-refractivity contribution is -0.144. The van der Waals surface area contributed by atoms with Gasteiger partial charge in [0, 0.05) is 6.21 Å². The SMILES string of the molecule is CC1(C)O[C@@H](/C=N/S(=O)C(C)(C)C)[C@H](CO[Si](c2ccccc2)(c2ccccc2)C(C)(C)C)O1. The van der Waals surface area contributed by atoms with Crippen molar-refractivity contribution >= 4 is 35.9 Å². The third-order valence-electron chi connectivity index (χ3n) is 5.93. The minimum atomic E-state index is -2.71. The van der Waals surface area contributed by atoms with Crippen molar-refractivity contribution in [3.05, 3.63) is 60.7 Å². The normalized spacial score (nSPS) is 22.2. The van der Waals surface area contributed by atoms with E-state index >= 15 is 0 Å². The van der Waals surface area contributed by atoms with Gasteiger partial charge in [0.05, 0.1) is 11.4 Å². The molecule has 3 atom stereocenters. The van der Waals surface area contributed by atoms with Gasteiger partial charge in [-0.15, -0.1) is 0 Å². The third-order valence-corrected chi connectivity index (χ3v) is 12.3. The van der Waals surface area contributed by atoms with Crippen LogP contribution in [0.2, 0.25) is 5.04 Å². The molecule has 3 rings (SSSR count). The van der Waals surface area contributed by atoms with Crippen molar-refractivity contribution < 1.29 is 18.1 Å². The van der Waals surface area contributed by atoms with Gasteiger partial charge in [-0.3, -0.25) is 0 Å². The van der Waals surface area contributed by atoms with Gasteiger partial charge in [-0.1, -0.05) is 81.4 Å². The van der Waals surface area contributed by atoms with Crippen molar-refractivity contribution in [2.24, 2.45) is 4.40 Å². The molecule has 1 fully saturated rings. The van der Waals surface area contributed by atoms with E-state index in [0.717, 1.165) is 0 Å². The number of ether oxygens (including phenoxy) is 2. The fourth-order valence-electron chi connectivity index (χ4n) is 4.36. The highest BCUT2D eigenvalue weighted by atomic mass is 32.2. The average Bonchev–Trinajstić information content (AvgIpc) is 3.05. The number of nitrogens with zero attached hydrogens (tertiary/aromatic N) is 1. The largest absolute Gasteiger partial charge is 0.405 e. The van der Waals surface area contributed by atoms with Crippen molar-refractivity contribution in [1.29, 1.82) is 0 Å². The van der Waals surface area contributed by atoms with Crippen LogP contribution in [-0.4, -0.2) is 48.1 Å². The van der Waals surface area contributed by atoms with Gasteiger partial charge < -0.3 is 13.9 Å². The predicted octanol–water partition coefficient (Wildman–Crippen LogP) is 4.62. The Hall–Kier alpha value is -1.64. The highest BCUT2D eigenvalue weighted by molar-refractivity contribution is 7.85. The summed E-state index contributed by atoms with van der Waals surface area (Å²) in [5.74, 6) is -0.778. The van der Waals surface area contributed by atoms with Crippen molar-refractivity contribution in [1.82, 2.24) is 0 Å². The Labute approximate surface area is 208 Å². The van der Waals surface area contributed by atoms with Crippen LogP contribution in [0, 0.1) is 0 Å². The molecule has 0 N–H and O–H groups in total. The standard InChI is InChI=1S/C27H39NO4SSi/c1-25(2,3)33(29)28-19-23-24(32-27(7,8)31-23)20-30-34(26(4,5)6,21-15-11-9-12-16-21)22-17-13-10-14-18-22/h9-19,23-24H,20H2,1-8H3/b28-19+/t23-,24-,33?/m0/s1. The zero-order valence-corrected chi connectivity index (χ0v) is 23.5. The summed E-state index contributed by atoms with van der Waals surface area (Å²) in [5, 5.41) is 2.29. The Kier molecular flexibility index (Phi) is 8.05. The number of rotatable bonds is 7. The minimum Gasteiger partial charge on any atom is -0.405 e. The number of hydrogen-bond donors (Lipinski definition) is 0. The molecule has 0 bridgehead atoms. The van der Waals surface area contributed by atoms with Gasteiger partial charge in [0.1, 0.15) is 23.2 Å². The monoisotopic (exact) mass is 501 g/mol. The third kappa shape index (κ3) is 5.94. The van der Waals surface area contributed by atoms with Gasteiger partial charge in [0.2, 0.25) is 0 Å². The first-order chi connectivity index (χ1) is 15.8. The van der Waals surface area contributed by atoms with E-state index in [1.54, 1.807) is 6.21 Å². The second kappa shape index (κ2) is 10.2. The summed E-state index contributed by atoms with van der Waals surface area (Å²) in [6, 6.07) is 21.1. The van der Waals surface area contributed by atoms with Crippen LogP contribution < -0.4 is 10.4 Å². The van der Waals surface area contributed by atoms with Gasteiger partial charge in [-0.05, 0) is 50.0 Å². The lowest BCUT2D eigenvalue weighted by Gasteiger charge is -2.43. The summed E-state index contributed by atoms with van der Waals surface area (Å²) in [7, 11) is -4.07. The molecule has 0 aromatic heterocycles. The first-order valence-corrected chi connectivity index (χ1v) is 14.8. The molecule has 0 spiro atoms. The molecule has 0 saturated carbocycles. The molecular weight excluding hydrogens is 462 g/mol. The molecule has 7 heteroatoms. The molecule has 0 radical (unpaired) electrons. The first kappa shape index (κ1) is 27.0.